The second-order valence-corrected chi connectivity index (χ2v) is 3.48. The van der Waals surface area contributed by atoms with Crippen LogP contribution in [0.4, 0.5) is 5.88 Å². The molecule has 1 aromatic rings. The van der Waals surface area contributed by atoms with Gasteiger partial charge in [-0.05, 0) is 13.8 Å². The lowest BCUT2D eigenvalue weighted by Gasteiger charge is -2.04. The van der Waals surface area contributed by atoms with Gasteiger partial charge in [-0.1, -0.05) is 5.16 Å². The Morgan fingerprint density at radius 1 is 1.44 bits per heavy atom. The minimum absolute atomic E-state index is 0.00653. The maximum absolute atomic E-state index is 11.6. The molecule has 18 heavy (non-hydrogen) atoms. The lowest BCUT2D eigenvalue weighted by molar-refractivity contribution is -0.117. The molecule has 0 aromatic carbocycles. The predicted octanol–water partition coefficient (Wildman–Crippen LogP) is 1.13. The van der Waals surface area contributed by atoms with Crippen molar-refractivity contribution in [2.24, 2.45) is 0 Å². The van der Waals surface area contributed by atoms with Gasteiger partial charge in [0.25, 0.3) is 0 Å². The number of nitrogens with zero attached hydrogens (tertiary/aromatic N) is 1. The van der Waals surface area contributed by atoms with Crippen LogP contribution in [-0.4, -0.2) is 37.4 Å². The Morgan fingerprint density at radius 2 is 2.17 bits per heavy atom. The first-order valence-corrected chi connectivity index (χ1v) is 5.52. The number of nitrogens with one attached hydrogen (secondary N) is 1. The van der Waals surface area contributed by atoms with Crippen LogP contribution in [0, 0.1) is 6.92 Å². The number of aryl methyl sites for hydroxylation is 1. The van der Waals surface area contributed by atoms with E-state index in [2.05, 4.69) is 10.5 Å². The van der Waals surface area contributed by atoms with Crippen LogP contribution in [0.25, 0.3) is 0 Å². The van der Waals surface area contributed by atoms with E-state index in [9.17, 15) is 9.59 Å². The molecule has 0 radical (unpaired) electrons. The number of carbonyl (C=O) groups is 2. The highest BCUT2D eigenvalue weighted by atomic mass is 16.5. The lowest BCUT2D eigenvalue weighted by Crippen LogP contribution is -2.16. The van der Waals surface area contributed by atoms with Crippen molar-refractivity contribution < 1.29 is 23.6 Å². The van der Waals surface area contributed by atoms with E-state index in [4.69, 9.17) is 14.0 Å². The highest BCUT2D eigenvalue weighted by molar-refractivity contribution is 6.00. The molecular weight excluding hydrogens is 240 g/mol. The first-order valence-electron chi connectivity index (χ1n) is 5.52. The van der Waals surface area contributed by atoms with Gasteiger partial charge in [0.15, 0.2) is 0 Å². The predicted molar refractivity (Wildman–Crippen MR) is 62.3 cm³/mol. The number of methoxy groups -OCH3 is 1. The number of ether oxygens (including phenoxy) is 2. The Bertz CT molecular complexity index is 427. The third kappa shape index (κ3) is 3.56. The minimum Gasteiger partial charge on any atom is -0.462 e. The van der Waals surface area contributed by atoms with E-state index in [1.54, 1.807) is 13.8 Å². The molecule has 0 aliphatic carbocycles. The highest BCUT2D eigenvalue weighted by Crippen LogP contribution is 2.20. The van der Waals surface area contributed by atoms with Gasteiger partial charge in [-0.15, -0.1) is 0 Å². The van der Waals surface area contributed by atoms with Crippen molar-refractivity contribution in [1.29, 1.82) is 0 Å². The Balaban J connectivity index is 2.77. The third-order valence-corrected chi connectivity index (χ3v) is 2.13. The number of amides is 1. The van der Waals surface area contributed by atoms with Gasteiger partial charge >= 0.3 is 5.97 Å². The Morgan fingerprint density at radius 3 is 2.78 bits per heavy atom. The van der Waals surface area contributed by atoms with Crippen molar-refractivity contribution in [1.82, 2.24) is 5.16 Å². The van der Waals surface area contributed by atoms with Gasteiger partial charge in [-0.2, -0.15) is 0 Å². The molecule has 1 amide bonds. The minimum atomic E-state index is -0.571. The van der Waals surface area contributed by atoms with E-state index in [-0.39, 0.29) is 37.0 Å². The first-order chi connectivity index (χ1) is 8.60. The topological polar surface area (TPSA) is 90.7 Å². The second kappa shape index (κ2) is 6.75. The second-order valence-electron chi connectivity index (χ2n) is 3.48. The van der Waals surface area contributed by atoms with Crippen LogP contribution in [0.5, 0.6) is 0 Å². The fraction of sp³-hybridized carbons (Fsp3) is 0.545. The van der Waals surface area contributed by atoms with Crippen LogP contribution < -0.4 is 5.32 Å². The number of esters is 1. The third-order valence-electron chi connectivity index (χ3n) is 2.13. The van der Waals surface area contributed by atoms with Crippen LogP contribution in [0.1, 0.15) is 29.4 Å². The summed E-state index contributed by atoms with van der Waals surface area (Å²) in [5, 5.41) is 6.09. The van der Waals surface area contributed by atoms with Gasteiger partial charge in [-0.25, -0.2) is 4.79 Å². The van der Waals surface area contributed by atoms with E-state index in [0.29, 0.717) is 5.69 Å². The van der Waals surface area contributed by atoms with Crippen molar-refractivity contribution in [2.45, 2.75) is 20.3 Å². The van der Waals surface area contributed by atoms with Gasteiger partial charge in [0.1, 0.15) is 5.56 Å². The molecule has 0 aliphatic heterocycles. The summed E-state index contributed by atoms with van der Waals surface area (Å²) in [5.41, 5.74) is 0.512. The molecule has 0 unspecified atom stereocenters. The maximum Gasteiger partial charge on any atom is 0.345 e. The van der Waals surface area contributed by atoms with E-state index >= 15 is 0 Å². The number of anilines is 1. The number of hydrogen-bond donors (Lipinski definition) is 1. The summed E-state index contributed by atoms with van der Waals surface area (Å²) in [6.07, 6.45) is 0.165. The zero-order valence-electron chi connectivity index (χ0n) is 10.6. The molecule has 7 nitrogen and oxygen atoms in total. The van der Waals surface area contributed by atoms with E-state index in [1.165, 1.54) is 7.11 Å². The SMILES string of the molecule is CCOC(=O)c1c(C)noc1NC(=O)CCOC. The lowest BCUT2D eigenvalue weighted by atomic mass is 10.2. The number of aromatic nitrogens is 1. The van der Waals surface area contributed by atoms with Gasteiger partial charge in [0.05, 0.1) is 25.3 Å². The molecule has 0 fully saturated rings. The van der Waals surface area contributed by atoms with Crippen molar-refractivity contribution in [3.05, 3.63) is 11.3 Å². The zero-order chi connectivity index (χ0) is 13.5. The van der Waals surface area contributed by atoms with Gasteiger partial charge in [-0.3, -0.25) is 10.1 Å². The summed E-state index contributed by atoms with van der Waals surface area (Å²) in [6.45, 7) is 3.81. The summed E-state index contributed by atoms with van der Waals surface area (Å²) in [5.74, 6) is -0.885. The summed E-state index contributed by atoms with van der Waals surface area (Å²) in [6, 6.07) is 0. The Kier molecular flexibility index (Phi) is 5.31. The highest BCUT2D eigenvalue weighted by Gasteiger charge is 2.23. The van der Waals surface area contributed by atoms with E-state index in [1.807, 2.05) is 0 Å². The molecule has 1 rings (SSSR count). The zero-order valence-corrected chi connectivity index (χ0v) is 10.6. The van der Waals surface area contributed by atoms with Crippen LogP contribution >= 0.6 is 0 Å². The van der Waals surface area contributed by atoms with E-state index in [0.717, 1.165) is 0 Å². The van der Waals surface area contributed by atoms with Crippen LogP contribution in [-0.2, 0) is 14.3 Å². The van der Waals surface area contributed by atoms with Gasteiger partial charge in [0, 0.05) is 7.11 Å². The average Bonchev–Trinajstić information content (AvgIpc) is 2.68. The average molecular weight is 256 g/mol. The summed E-state index contributed by atoms with van der Waals surface area (Å²) >= 11 is 0. The smallest absolute Gasteiger partial charge is 0.345 e. The Hall–Kier alpha value is -1.89. The molecule has 1 N–H and O–H groups in total. The number of hydrogen-bond acceptors (Lipinski definition) is 6. The maximum atomic E-state index is 11.6. The summed E-state index contributed by atoms with van der Waals surface area (Å²) in [4.78, 5) is 23.1. The fourth-order valence-electron chi connectivity index (χ4n) is 1.28. The standard InChI is InChI=1S/C11H16N2O5/c1-4-17-11(15)9-7(2)13-18-10(9)12-8(14)5-6-16-3/h4-6H2,1-3H3,(H,12,14). The molecule has 0 saturated carbocycles. The molecule has 0 saturated heterocycles. The van der Waals surface area contributed by atoms with E-state index < -0.39 is 5.97 Å². The summed E-state index contributed by atoms with van der Waals surface area (Å²) < 4.78 is 14.5. The molecule has 100 valence electrons. The Labute approximate surface area is 104 Å². The number of carbonyl (C=O) groups excluding carboxylic acids is 2. The normalized spacial score (nSPS) is 10.2. The fourth-order valence-corrected chi connectivity index (χ4v) is 1.28. The molecule has 1 aromatic heterocycles. The first kappa shape index (κ1) is 14.2. The molecule has 1 heterocycles. The van der Waals surface area contributed by atoms with Crippen molar-refractivity contribution >= 4 is 17.8 Å². The molecule has 0 spiro atoms. The molecule has 7 heteroatoms. The number of rotatable bonds is 6. The van der Waals surface area contributed by atoms with Crippen LogP contribution in [0.15, 0.2) is 4.52 Å². The van der Waals surface area contributed by atoms with Crippen molar-refractivity contribution in [2.75, 3.05) is 25.6 Å². The monoisotopic (exact) mass is 256 g/mol. The van der Waals surface area contributed by atoms with Gasteiger partial charge < -0.3 is 14.0 Å². The quantitative estimate of drug-likeness (QED) is 0.767. The van der Waals surface area contributed by atoms with Crippen molar-refractivity contribution in [3.63, 3.8) is 0 Å². The van der Waals surface area contributed by atoms with Gasteiger partial charge in [0.2, 0.25) is 11.8 Å². The molecule has 0 atom stereocenters. The van der Waals surface area contributed by atoms with Crippen LogP contribution in [0.2, 0.25) is 0 Å². The van der Waals surface area contributed by atoms with Crippen molar-refractivity contribution in [3.8, 4) is 0 Å². The largest absolute Gasteiger partial charge is 0.462 e. The molecular formula is C11H16N2O5. The van der Waals surface area contributed by atoms with Crippen LogP contribution in [0.3, 0.4) is 0 Å². The molecule has 0 bridgehead atoms. The summed E-state index contributed by atoms with van der Waals surface area (Å²) in [7, 11) is 1.50. The molecule has 0 aliphatic rings.